The maximum Gasteiger partial charge on any atom is 0.271 e. The van der Waals surface area contributed by atoms with Crippen molar-refractivity contribution >= 4 is 28.4 Å². The minimum Gasteiger partial charge on any atom is -0.394 e. The Morgan fingerprint density at radius 1 is 1.48 bits per heavy atom. The lowest BCUT2D eigenvalue weighted by atomic mass is 10.2. The summed E-state index contributed by atoms with van der Waals surface area (Å²) >= 11 is 0. The Morgan fingerprint density at radius 2 is 2.30 bits per heavy atom. The van der Waals surface area contributed by atoms with Gasteiger partial charge in [-0.05, 0) is 6.07 Å². The fourth-order valence-corrected chi connectivity index (χ4v) is 3.00. The molecular weight excluding hydrogens is 302 g/mol. The van der Waals surface area contributed by atoms with Gasteiger partial charge in [0.05, 0.1) is 18.1 Å². The van der Waals surface area contributed by atoms with E-state index in [1.165, 1.54) is 6.07 Å². The summed E-state index contributed by atoms with van der Waals surface area (Å²) in [5.74, 6) is 0.966. The third-order valence-corrected chi connectivity index (χ3v) is 4.07. The number of guanidine groups is 1. The molecule has 0 aromatic carbocycles. The molecule has 0 radical (unpaired) electrons. The molecule has 3 atom stereocenters. The molecule has 120 valence electrons. The van der Waals surface area contributed by atoms with E-state index in [1.54, 1.807) is 16.8 Å². The third-order valence-electron chi connectivity index (χ3n) is 4.07. The molecule has 1 saturated heterocycles. The van der Waals surface area contributed by atoms with Gasteiger partial charge in [0.2, 0.25) is 5.96 Å². The average Bonchev–Trinajstić information content (AvgIpc) is 3.00. The van der Waals surface area contributed by atoms with Crippen LogP contribution < -0.4 is 16.6 Å². The zero-order chi connectivity index (χ0) is 16.1. The Bertz CT molecular complexity index is 877. The smallest absolute Gasteiger partial charge is 0.271 e. The van der Waals surface area contributed by atoms with Crippen molar-refractivity contribution in [1.29, 1.82) is 0 Å². The number of rotatable bonds is 2. The molecule has 0 amide bonds. The first-order valence-corrected chi connectivity index (χ1v) is 7.18. The fraction of sp³-hybridized carbons (Fsp3) is 0.357. The molecule has 1 fully saturated rings. The largest absolute Gasteiger partial charge is 0.394 e. The average molecular weight is 317 g/mol. The number of aliphatic hydroxyl groups is 2. The van der Waals surface area contributed by atoms with E-state index in [0.29, 0.717) is 23.4 Å². The molecule has 2 aliphatic rings. The van der Waals surface area contributed by atoms with Crippen LogP contribution in [-0.2, 0) is 4.74 Å². The van der Waals surface area contributed by atoms with E-state index in [2.05, 4.69) is 15.3 Å². The van der Waals surface area contributed by atoms with Gasteiger partial charge in [0.1, 0.15) is 24.0 Å². The molecule has 9 nitrogen and oxygen atoms in total. The Labute approximate surface area is 130 Å². The molecule has 2 aromatic rings. The van der Waals surface area contributed by atoms with Crippen molar-refractivity contribution in [3.05, 3.63) is 28.7 Å². The van der Waals surface area contributed by atoms with E-state index in [0.717, 1.165) is 5.39 Å². The molecule has 23 heavy (non-hydrogen) atoms. The van der Waals surface area contributed by atoms with Gasteiger partial charge in [0, 0.05) is 24.1 Å². The Morgan fingerprint density at radius 3 is 3.04 bits per heavy atom. The summed E-state index contributed by atoms with van der Waals surface area (Å²) in [6.07, 6.45) is 0.222. The molecule has 9 heteroatoms. The molecule has 4 heterocycles. The van der Waals surface area contributed by atoms with Crippen LogP contribution in [-0.4, -0.2) is 44.5 Å². The van der Waals surface area contributed by atoms with Gasteiger partial charge >= 0.3 is 0 Å². The number of hydrogen-bond donors (Lipinski definition) is 4. The van der Waals surface area contributed by atoms with E-state index in [9.17, 15) is 15.0 Å². The van der Waals surface area contributed by atoms with Crippen LogP contribution in [0.3, 0.4) is 0 Å². The topological polar surface area (TPSA) is 135 Å². The summed E-state index contributed by atoms with van der Waals surface area (Å²) in [5, 5.41) is 23.4. The van der Waals surface area contributed by atoms with Gasteiger partial charge < -0.3 is 30.6 Å². The van der Waals surface area contributed by atoms with Gasteiger partial charge in [-0.25, -0.2) is 0 Å². The molecular formula is C14H15N5O4. The number of nitrogens with one attached hydrogen (secondary N) is 1. The number of aromatic nitrogens is 2. The first-order chi connectivity index (χ1) is 11.1. The summed E-state index contributed by atoms with van der Waals surface area (Å²) in [6, 6.07) is 3.02. The van der Waals surface area contributed by atoms with Crippen LogP contribution in [0.4, 0.5) is 11.6 Å². The first kappa shape index (κ1) is 14.1. The van der Waals surface area contributed by atoms with Crippen molar-refractivity contribution < 1.29 is 14.9 Å². The van der Waals surface area contributed by atoms with Crippen molar-refractivity contribution in [2.75, 3.05) is 11.9 Å². The van der Waals surface area contributed by atoms with Crippen LogP contribution in [0, 0.1) is 0 Å². The van der Waals surface area contributed by atoms with Crippen LogP contribution >= 0.6 is 0 Å². The van der Waals surface area contributed by atoms with Crippen molar-refractivity contribution in [3.8, 4) is 0 Å². The maximum atomic E-state index is 11.6. The molecule has 4 rings (SSSR count). The second kappa shape index (κ2) is 5.01. The third kappa shape index (κ3) is 2.17. The summed E-state index contributed by atoms with van der Waals surface area (Å²) in [7, 11) is 0. The van der Waals surface area contributed by atoms with Gasteiger partial charge in [0.15, 0.2) is 0 Å². The minimum absolute atomic E-state index is 0.120. The van der Waals surface area contributed by atoms with Gasteiger partial charge in [0.25, 0.3) is 5.56 Å². The first-order valence-electron chi connectivity index (χ1n) is 7.18. The van der Waals surface area contributed by atoms with Crippen molar-refractivity contribution in [2.45, 2.75) is 24.9 Å². The molecule has 2 aromatic heterocycles. The molecule has 0 aliphatic carbocycles. The van der Waals surface area contributed by atoms with Gasteiger partial charge in [-0.2, -0.15) is 9.98 Å². The van der Waals surface area contributed by atoms with Crippen LogP contribution in [0.15, 0.2) is 28.1 Å². The lowest BCUT2D eigenvalue weighted by Crippen LogP contribution is -2.26. The second-order valence-corrected chi connectivity index (χ2v) is 5.56. The van der Waals surface area contributed by atoms with Crippen molar-refractivity contribution in [2.24, 2.45) is 10.7 Å². The number of hydrogen-bond acceptors (Lipinski definition) is 8. The number of nitrogens with two attached hydrogens (primary N) is 1. The number of aliphatic hydroxyl groups excluding tert-OH is 2. The van der Waals surface area contributed by atoms with E-state index >= 15 is 0 Å². The zero-order valence-corrected chi connectivity index (χ0v) is 12.0. The fourth-order valence-electron chi connectivity index (χ4n) is 3.00. The van der Waals surface area contributed by atoms with Crippen LogP contribution in [0.5, 0.6) is 0 Å². The molecule has 0 saturated carbocycles. The van der Waals surface area contributed by atoms with Gasteiger partial charge in [-0.15, -0.1) is 0 Å². The number of ether oxygens (including phenoxy) is 1. The highest BCUT2D eigenvalue weighted by atomic mass is 16.5. The van der Waals surface area contributed by atoms with E-state index < -0.39 is 18.4 Å². The Balaban J connectivity index is 1.91. The molecule has 0 unspecified atom stereocenters. The van der Waals surface area contributed by atoms with Crippen LogP contribution in [0.25, 0.3) is 10.8 Å². The second-order valence-electron chi connectivity index (χ2n) is 5.56. The zero-order valence-electron chi connectivity index (χ0n) is 12.0. The van der Waals surface area contributed by atoms with Gasteiger partial charge in [-0.3, -0.25) is 4.79 Å². The summed E-state index contributed by atoms with van der Waals surface area (Å²) in [6.45, 7) is -0.262. The lowest BCUT2D eigenvalue weighted by Gasteiger charge is -2.17. The lowest BCUT2D eigenvalue weighted by molar-refractivity contribution is -0.0435. The molecule has 0 spiro atoms. The Hall–Kier alpha value is -2.49. The van der Waals surface area contributed by atoms with E-state index in [4.69, 9.17) is 10.5 Å². The minimum atomic E-state index is -0.757. The summed E-state index contributed by atoms with van der Waals surface area (Å²) in [4.78, 5) is 19.9. The number of aliphatic imine (C=N–C) groups is 1. The van der Waals surface area contributed by atoms with E-state index in [1.807, 2.05) is 0 Å². The molecule has 5 N–H and O–H groups in total. The highest BCUT2D eigenvalue weighted by Gasteiger charge is 2.36. The monoisotopic (exact) mass is 317 g/mol. The maximum absolute atomic E-state index is 11.6. The predicted octanol–water partition coefficient (Wildman–Crippen LogP) is -0.591. The number of anilines is 1. The van der Waals surface area contributed by atoms with Crippen LogP contribution in [0.2, 0.25) is 0 Å². The standard InChI is InChI=1S/C14H15N5O4/c15-14-17-12-11-6(1-2-9(22)16-12)4-19(13(11)18-14)10-3-7(21)8(5-20)23-10/h1-2,4,7-8,10,20-21H,3,5H2,(H3,15,16,17,18,22)/t7-,8+,10+/m0/s1. The normalized spacial score (nSPS) is 26.2. The van der Waals surface area contributed by atoms with Crippen molar-refractivity contribution in [1.82, 2.24) is 9.55 Å². The van der Waals surface area contributed by atoms with Gasteiger partial charge in [-0.1, -0.05) is 0 Å². The summed E-state index contributed by atoms with van der Waals surface area (Å²) < 4.78 is 7.42. The van der Waals surface area contributed by atoms with E-state index in [-0.39, 0.29) is 18.1 Å². The molecule has 2 aliphatic heterocycles. The number of nitrogens with zero attached hydrogens (tertiary/aromatic N) is 3. The predicted molar refractivity (Wildman–Crippen MR) is 82.5 cm³/mol. The van der Waals surface area contributed by atoms with Crippen molar-refractivity contribution in [3.63, 3.8) is 0 Å². The highest BCUT2D eigenvalue weighted by molar-refractivity contribution is 6.10. The van der Waals surface area contributed by atoms with Crippen LogP contribution in [0.1, 0.15) is 12.6 Å². The molecule has 0 bridgehead atoms. The SMILES string of the molecule is NC1=Nc2c3c(nc(=O)ccc3cn2[C@H]2C[C@H](O)[C@@H](CO)O2)N1. The quantitative estimate of drug-likeness (QED) is 0.581. The Kier molecular flexibility index (Phi) is 3.08. The highest BCUT2D eigenvalue weighted by Crippen LogP contribution is 2.40. The summed E-state index contributed by atoms with van der Waals surface area (Å²) in [5.41, 5.74) is 5.39.